The average Bonchev–Trinajstić information content (AvgIpc) is 2.55. The highest BCUT2D eigenvalue weighted by molar-refractivity contribution is 7.89. The van der Waals surface area contributed by atoms with Crippen molar-refractivity contribution in [3.05, 3.63) is 59.7 Å². The van der Waals surface area contributed by atoms with Crippen molar-refractivity contribution in [2.45, 2.75) is 37.6 Å². The second-order valence-corrected chi connectivity index (χ2v) is 7.81. The molecule has 0 saturated carbocycles. The first kappa shape index (κ1) is 20.0. The first-order chi connectivity index (χ1) is 12.2. The molecule has 0 radical (unpaired) electrons. The number of nitrogens with one attached hydrogen (secondary N) is 2. The Labute approximate surface area is 151 Å². The Hall–Kier alpha value is -2.32. The van der Waals surface area contributed by atoms with Gasteiger partial charge in [-0.25, -0.2) is 21.9 Å². The first-order valence-corrected chi connectivity index (χ1v) is 9.52. The number of carbonyl (C=O) groups is 1. The molecule has 8 heteroatoms. The van der Waals surface area contributed by atoms with Crippen molar-refractivity contribution in [2.24, 2.45) is 0 Å². The minimum atomic E-state index is -3.59. The van der Waals surface area contributed by atoms with Crippen LogP contribution in [0, 0.1) is 11.6 Å². The van der Waals surface area contributed by atoms with Crippen LogP contribution < -0.4 is 10.0 Å². The standard InChI is InChI=1S/C18H20F2N2O3S/c1-12(2)22-26(24,25)15-7-5-14(6-8-15)21-18(23)10-4-13-3-9-16(19)17(20)11-13/h3,5-9,11-12,22H,4,10H2,1-2H3,(H,21,23). The molecule has 5 nitrogen and oxygen atoms in total. The van der Waals surface area contributed by atoms with Crippen LogP contribution in [0.3, 0.4) is 0 Å². The Morgan fingerprint density at radius 1 is 1.04 bits per heavy atom. The first-order valence-electron chi connectivity index (χ1n) is 8.03. The maximum Gasteiger partial charge on any atom is 0.240 e. The van der Waals surface area contributed by atoms with Gasteiger partial charge in [-0.3, -0.25) is 4.79 Å². The van der Waals surface area contributed by atoms with E-state index in [1.165, 1.54) is 30.3 Å². The van der Waals surface area contributed by atoms with Gasteiger partial charge in [-0.1, -0.05) is 6.07 Å². The lowest BCUT2D eigenvalue weighted by Crippen LogP contribution is -2.30. The van der Waals surface area contributed by atoms with Crippen molar-refractivity contribution in [1.29, 1.82) is 0 Å². The van der Waals surface area contributed by atoms with Gasteiger partial charge in [0.2, 0.25) is 15.9 Å². The molecule has 0 saturated heterocycles. The van der Waals surface area contributed by atoms with Crippen LogP contribution in [0.2, 0.25) is 0 Å². The summed E-state index contributed by atoms with van der Waals surface area (Å²) in [6.07, 6.45) is 0.341. The zero-order chi connectivity index (χ0) is 19.3. The smallest absolute Gasteiger partial charge is 0.240 e. The number of amides is 1. The van der Waals surface area contributed by atoms with E-state index < -0.39 is 21.7 Å². The lowest BCUT2D eigenvalue weighted by molar-refractivity contribution is -0.116. The predicted octanol–water partition coefficient (Wildman–Crippen LogP) is 3.22. The lowest BCUT2D eigenvalue weighted by atomic mass is 10.1. The van der Waals surface area contributed by atoms with Crippen LogP contribution in [0.5, 0.6) is 0 Å². The molecule has 2 N–H and O–H groups in total. The molecule has 0 unspecified atom stereocenters. The molecule has 0 aromatic heterocycles. The van der Waals surface area contributed by atoms with E-state index in [2.05, 4.69) is 10.0 Å². The minimum Gasteiger partial charge on any atom is -0.326 e. The zero-order valence-electron chi connectivity index (χ0n) is 14.4. The number of halogens is 2. The fraction of sp³-hybridized carbons (Fsp3) is 0.278. The van der Waals surface area contributed by atoms with Gasteiger partial charge in [0.25, 0.3) is 0 Å². The second kappa shape index (κ2) is 8.37. The summed E-state index contributed by atoms with van der Waals surface area (Å²) in [5.74, 6) is -2.19. The van der Waals surface area contributed by atoms with Gasteiger partial charge in [-0.05, 0) is 62.2 Å². The van der Waals surface area contributed by atoms with E-state index in [0.717, 1.165) is 12.1 Å². The van der Waals surface area contributed by atoms with Gasteiger partial charge < -0.3 is 5.32 Å². The molecule has 2 aromatic rings. The summed E-state index contributed by atoms with van der Waals surface area (Å²) >= 11 is 0. The Balaban J connectivity index is 1.94. The largest absolute Gasteiger partial charge is 0.326 e. The number of hydrogen-bond acceptors (Lipinski definition) is 3. The number of carbonyl (C=O) groups excluding carboxylic acids is 1. The van der Waals surface area contributed by atoms with Crippen LogP contribution in [-0.4, -0.2) is 20.4 Å². The summed E-state index contributed by atoms with van der Waals surface area (Å²) in [4.78, 5) is 12.1. The fourth-order valence-electron chi connectivity index (χ4n) is 2.27. The molecule has 0 aliphatic carbocycles. The molecule has 0 bridgehead atoms. The van der Waals surface area contributed by atoms with Crippen molar-refractivity contribution in [1.82, 2.24) is 4.72 Å². The summed E-state index contributed by atoms with van der Waals surface area (Å²) < 4.78 is 52.5. The topological polar surface area (TPSA) is 75.3 Å². The van der Waals surface area contributed by atoms with Crippen LogP contribution in [-0.2, 0) is 21.2 Å². The lowest BCUT2D eigenvalue weighted by Gasteiger charge is -2.10. The number of anilines is 1. The maximum atomic E-state index is 13.1. The normalized spacial score (nSPS) is 11.6. The Kier molecular flexibility index (Phi) is 6.44. The van der Waals surface area contributed by atoms with E-state index in [4.69, 9.17) is 0 Å². The van der Waals surface area contributed by atoms with Crippen molar-refractivity contribution in [2.75, 3.05) is 5.32 Å². The monoisotopic (exact) mass is 382 g/mol. The number of sulfonamides is 1. The van der Waals surface area contributed by atoms with Gasteiger partial charge in [0.05, 0.1) is 4.90 Å². The molecular formula is C18H20F2N2O3S. The van der Waals surface area contributed by atoms with Gasteiger partial charge in [0.1, 0.15) is 0 Å². The summed E-state index contributed by atoms with van der Waals surface area (Å²) in [6, 6.07) is 9.06. The number of aryl methyl sites for hydroxylation is 1. The van der Waals surface area contributed by atoms with E-state index in [1.54, 1.807) is 13.8 Å². The number of rotatable bonds is 7. The van der Waals surface area contributed by atoms with Gasteiger partial charge in [0, 0.05) is 18.2 Å². The third-order valence-electron chi connectivity index (χ3n) is 3.46. The summed E-state index contributed by atoms with van der Waals surface area (Å²) in [5, 5.41) is 2.64. The highest BCUT2D eigenvalue weighted by Gasteiger charge is 2.15. The molecule has 0 fully saturated rings. The molecule has 140 valence electrons. The van der Waals surface area contributed by atoms with Gasteiger partial charge in [-0.15, -0.1) is 0 Å². The Morgan fingerprint density at radius 2 is 1.69 bits per heavy atom. The van der Waals surface area contributed by atoms with Crippen LogP contribution >= 0.6 is 0 Å². The third kappa shape index (κ3) is 5.60. The Bertz CT molecular complexity index is 882. The SMILES string of the molecule is CC(C)NS(=O)(=O)c1ccc(NC(=O)CCc2ccc(F)c(F)c2)cc1. The van der Waals surface area contributed by atoms with Crippen LogP contribution in [0.1, 0.15) is 25.8 Å². The molecule has 0 aliphatic rings. The van der Waals surface area contributed by atoms with Crippen molar-refractivity contribution in [3.63, 3.8) is 0 Å². The van der Waals surface area contributed by atoms with Crippen molar-refractivity contribution < 1.29 is 22.0 Å². The second-order valence-electron chi connectivity index (χ2n) is 6.10. The summed E-state index contributed by atoms with van der Waals surface area (Å²) in [5.41, 5.74) is 0.962. The molecule has 0 heterocycles. The van der Waals surface area contributed by atoms with Gasteiger partial charge >= 0.3 is 0 Å². The van der Waals surface area contributed by atoms with Crippen LogP contribution in [0.25, 0.3) is 0 Å². The van der Waals surface area contributed by atoms with Crippen molar-refractivity contribution in [3.8, 4) is 0 Å². The van der Waals surface area contributed by atoms with Crippen LogP contribution in [0.15, 0.2) is 47.4 Å². The van der Waals surface area contributed by atoms with E-state index in [-0.39, 0.29) is 29.7 Å². The van der Waals surface area contributed by atoms with E-state index >= 15 is 0 Å². The molecule has 1 amide bonds. The number of benzene rings is 2. The molecule has 26 heavy (non-hydrogen) atoms. The third-order valence-corrected chi connectivity index (χ3v) is 5.14. The summed E-state index contributed by atoms with van der Waals surface area (Å²) in [6.45, 7) is 3.44. The average molecular weight is 382 g/mol. The molecule has 0 aliphatic heterocycles. The zero-order valence-corrected chi connectivity index (χ0v) is 15.2. The quantitative estimate of drug-likeness (QED) is 0.772. The van der Waals surface area contributed by atoms with Crippen molar-refractivity contribution >= 4 is 21.6 Å². The summed E-state index contributed by atoms with van der Waals surface area (Å²) in [7, 11) is -3.59. The molecule has 0 atom stereocenters. The molecule has 2 aromatic carbocycles. The van der Waals surface area contributed by atoms with Gasteiger partial charge in [0.15, 0.2) is 11.6 Å². The van der Waals surface area contributed by atoms with Crippen LogP contribution in [0.4, 0.5) is 14.5 Å². The molecular weight excluding hydrogens is 362 g/mol. The minimum absolute atomic E-state index is 0.0834. The maximum absolute atomic E-state index is 13.1. The van der Waals surface area contributed by atoms with E-state index in [9.17, 15) is 22.0 Å². The highest BCUT2D eigenvalue weighted by Crippen LogP contribution is 2.15. The van der Waals surface area contributed by atoms with Gasteiger partial charge in [-0.2, -0.15) is 0 Å². The molecule has 0 spiro atoms. The Morgan fingerprint density at radius 3 is 2.27 bits per heavy atom. The predicted molar refractivity (Wildman–Crippen MR) is 95.2 cm³/mol. The van der Waals surface area contributed by atoms with E-state index in [1.807, 2.05) is 0 Å². The fourth-order valence-corrected chi connectivity index (χ4v) is 3.52. The molecule has 2 rings (SSSR count). The van der Waals surface area contributed by atoms with E-state index in [0.29, 0.717) is 11.3 Å². The number of hydrogen-bond donors (Lipinski definition) is 2. The highest BCUT2D eigenvalue weighted by atomic mass is 32.2.